The molecule has 0 spiro atoms. The molecule has 1 unspecified atom stereocenters. The predicted molar refractivity (Wildman–Crippen MR) is 147 cm³/mol. The highest BCUT2D eigenvalue weighted by Gasteiger charge is 2.45. The highest BCUT2D eigenvalue weighted by molar-refractivity contribution is 5.97. The van der Waals surface area contributed by atoms with E-state index in [1.807, 2.05) is 78.9 Å². The molecular formula is C31H34N2O7. The Morgan fingerprint density at radius 1 is 0.900 bits per heavy atom. The van der Waals surface area contributed by atoms with Crippen molar-refractivity contribution in [1.82, 2.24) is 10.2 Å². The minimum Gasteiger partial charge on any atom is -0.497 e. The van der Waals surface area contributed by atoms with Crippen molar-refractivity contribution in [3.8, 4) is 11.5 Å². The Bertz CT molecular complexity index is 1270. The fraction of sp³-hybridized carbons (Fsp3) is 0.355. The molecule has 5 rings (SSSR count). The molecule has 2 heterocycles. The van der Waals surface area contributed by atoms with Crippen LogP contribution in [0.15, 0.2) is 78.9 Å². The lowest BCUT2D eigenvalue weighted by atomic mass is 9.80. The lowest BCUT2D eigenvalue weighted by molar-refractivity contribution is -0.132. The van der Waals surface area contributed by atoms with Crippen LogP contribution in [0.4, 0.5) is 4.79 Å². The van der Waals surface area contributed by atoms with Gasteiger partial charge < -0.3 is 24.1 Å². The number of carbonyl (C=O) groups is 2. The smallest absolute Gasteiger partial charge is 0.326 e. The number of aliphatic hydroxyl groups is 1. The van der Waals surface area contributed by atoms with Gasteiger partial charge in [-0.3, -0.25) is 15.0 Å². The minimum absolute atomic E-state index is 0.129. The Labute approximate surface area is 233 Å². The molecule has 3 aromatic rings. The summed E-state index contributed by atoms with van der Waals surface area (Å²) in [6.07, 6.45) is -2.03. The quantitative estimate of drug-likeness (QED) is 0.395. The summed E-state index contributed by atoms with van der Waals surface area (Å²) in [5, 5.41) is 13.2. The monoisotopic (exact) mass is 546 g/mol. The first kappa shape index (κ1) is 27.6. The second-order valence-electron chi connectivity index (χ2n) is 10.1. The Morgan fingerprint density at radius 3 is 2.00 bits per heavy atom. The van der Waals surface area contributed by atoms with Gasteiger partial charge in [0.2, 0.25) is 5.91 Å². The predicted octanol–water partition coefficient (Wildman–Crippen LogP) is 3.68. The van der Waals surface area contributed by atoms with Crippen LogP contribution in [-0.4, -0.2) is 67.8 Å². The number of urea groups is 1. The summed E-state index contributed by atoms with van der Waals surface area (Å²) in [7, 11) is 3.25. The van der Waals surface area contributed by atoms with E-state index in [0.717, 1.165) is 28.2 Å². The van der Waals surface area contributed by atoms with Gasteiger partial charge in [0.15, 0.2) is 6.23 Å². The molecular weight excluding hydrogens is 512 g/mol. The average Bonchev–Trinajstić information content (AvgIpc) is 3.36. The van der Waals surface area contributed by atoms with E-state index in [2.05, 4.69) is 5.32 Å². The molecule has 4 atom stereocenters. The number of benzene rings is 3. The van der Waals surface area contributed by atoms with Crippen molar-refractivity contribution >= 4 is 11.9 Å². The number of nitrogens with one attached hydrogen (secondary N) is 1. The summed E-state index contributed by atoms with van der Waals surface area (Å²) < 4.78 is 23.9. The first-order chi connectivity index (χ1) is 19.3. The zero-order chi connectivity index (χ0) is 28.3. The molecule has 0 bridgehead atoms. The number of nitrogens with zero attached hydrogens (tertiary/aromatic N) is 1. The number of aliphatic hydroxyl groups excluding tert-OH is 1. The second kappa shape index (κ2) is 11.7. The van der Waals surface area contributed by atoms with Crippen LogP contribution in [-0.2, 0) is 19.9 Å². The third-order valence-corrected chi connectivity index (χ3v) is 7.54. The van der Waals surface area contributed by atoms with E-state index in [4.69, 9.17) is 18.9 Å². The van der Waals surface area contributed by atoms with E-state index in [1.165, 1.54) is 4.90 Å². The fourth-order valence-corrected chi connectivity index (χ4v) is 5.39. The molecule has 2 fully saturated rings. The van der Waals surface area contributed by atoms with E-state index >= 15 is 0 Å². The Kier molecular flexibility index (Phi) is 8.07. The van der Waals surface area contributed by atoms with E-state index in [1.54, 1.807) is 21.1 Å². The standard InChI is InChI=1S/C31H34N2O7/c1-20-18-33(30(36)32-28(20)35)29-27(34)17-26(40-29)19-39-31(21-7-5-4-6-8-21,22-9-13-24(37-2)14-10-22)23-11-15-25(38-3)16-12-23/h4-16,20,26-27,29,34H,17-19H2,1-3H3,(H,32,35,36)/t20?,26-,27+,29+/m0/s1. The van der Waals surface area contributed by atoms with Gasteiger partial charge >= 0.3 is 6.03 Å². The van der Waals surface area contributed by atoms with Crippen molar-refractivity contribution < 1.29 is 33.6 Å². The largest absolute Gasteiger partial charge is 0.497 e. The molecule has 210 valence electrons. The normalized spacial score (nSPS) is 23.1. The number of carbonyl (C=O) groups excluding carboxylic acids is 2. The molecule has 2 aliphatic rings. The molecule has 0 aromatic heterocycles. The highest BCUT2D eigenvalue weighted by Crippen LogP contribution is 2.42. The molecule has 9 nitrogen and oxygen atoms in total. The van der Waals surface area contributed by atoms with Crippen molar-refractivity contribution in [2.24, 2.45) is 5.92 Å². The van der Waals surface area contributed by atoms with Crippen molar-refractivity contribution in [2.45, 2.75) is 37.4 Å². The molecule has 3 amide bonds. The van der Waals surface area contributed by atoms with Crippen LogP contribution in [0.3, 0.4) is 0 Å². The van der Waals surface area contributed by atoms with Gasteiger partial charge in [-0.1, -0.05) is 61.5 Å². The van der Waals surface area contributed by atoms with Crippen LogP contribution in [0.2, 0.25) is 0 Å². The first-order valence-electron chi connectivity index (χ1n) is 13.3. The van der Waals surface area contributed by atoms with Crippen molar-refractivity contribution in [3.05, 3.63) is 95.6 Å². The van der Waals surface area contributed by atoms with E-state index < -0.39 is 36.0 Å². The van der Waals surface area contributed by atoms with Gasteiger partial charge in [-0.2, -0.15) is 0 Å². The number of methoxy groups -OCH3 is 2. The van der Waals surface area contributed by atoms with Gasteiger partial charge in [0.25, 0.3) is 0 Å². The van der Waals surface area contributed by atoms with Crippen molar-refractivity contribution in [2.75, 3.05) is 27.4 Å². The van der Waals surface area contributed by atoms with Crippen molar-refractivity contribution in [1.29, 1.82) is 0 Å². The Hall–Kier alpha value is -3.92. The maximum Gasteiger partial charge on any atom is 0.326 e. The summed E-state index contributed by atoms with van der Waals surface area (Å²) in [5.74, 6) is 0.705. The van der Waals surface area contributed by atoms with Crippen LogP contribution in [0.1, 0.15) is 30.0 Å². The summed E-state index contributed by atoms with van der Waals surface area (Å²) in [5.41, 5.74) is 1.63. The van der Waals surface area contributed by atoms with Gasteiger partial charge in [-0.15, -0.1) is 0 Å². The number of amides is 3. The molecule has 0 aliphatic carbocycles. The molecule has 9 heteroatoms. The molecule has 0 radical (unpaired) electrons. The summed E-state index contributed by atoms with van der Waals surface area (Å²) >= 11 is 0. The zero-order valence-electron chi connectivity index (χ0n) is 22.8. The topological polar surface area (TPSA) is 107 Å². The summed E-state index contributed by atoms with van der Waals surface area (Å²) in [4.78, 5) is 25.8. The highest BCUT2D eigenvalue weighted by atomic mass is 16.6. The van der Waals surface area contributed by atoms with Gasteiger partial charge in [0, 0.05) is 13.0 Å². The van der Waals surface area contributed by atoms with Gasteiger partial charge in [0.1, 0.15) is 23.2 Å². The van der Waals surface area contributed by atoms with Crippen LogP contribution in [0.5, 0.6) is 11.5 Å². The fourth-order valence-electron chi connectivity index (χ4n) is 5.39. The second-order valence-corrected chi connectivity index (χ2v) is 10.1. The molecule has 40 heavy (non-hydrogen) atoms. The van der Waals surface area contributed by atoms with Gasteiger partial charge in [-0.25, -0.2) is 4.79 Å². The maximum atomic E-state index is 12.5. The molecule has 2 N–H and O–H groups in total. The molecule has 2 aliphatic heterocycles. The third kappa shape index (κ3) is 5.28. The first-order valence-corrected chi connectivity index (χ1v) is 13.3. The van der Waals surface area contributed by atoms with Gasteiger partial charge in [0.05, 0.1) is 32.8 Å². The molecule has 3 aromatic carbocycles. The van der Waals surface area contributed by atoms with Gasteiger partial charge in [-0.05, 0) is 41.0 Å². The van der Waals surface area contributed by atoms with E-state index in [0.29, 0.717) is 0 Å². The Morgan fingerprint density at radius 2 is 1.45 bits per heavy atom. The number of ether oxygens (including phenoxy) is 4. The Balaban J connectivity index is 1.48. The average molecular weight is 547 g/mol. The number of imide groups is 1. The van der Waals surface area contributed by atoms with Crippen LogP contribution < -0.4 is 14.8 Å². The van der Waals surface area contributed by atoms with E-state index in [-0.39, 0.29) is 25.5 Å². The lowest BCUT2D eigenvalue weighted by Crippen LogP contribution is -2.59. The SMILES string of the molecule is COc1ccc(C(OC[C@@H]2C[C@@H](O)[C@H](N3CC(C)C(=O)NC3=O)O2)(c2ccccc2)c2ccc(OC)cc2)cc1. The number of hydrogen-bond donors (Lipinski definition) is 2. The van der Waals surface area contributed by atoms with E-state index in [9.17, 15) is 14.7 Å². The summed E-state index contributed by atoms with van der Waals surface area (Å²) in [6, 6.07) is 24.8. The van der Waals surface area contributed by atoms with Crippen LogP contribution >= 0.6 is 0 Å². The maximum absolute atomic E-state index is 12.5. The molecule has 2 saturated heterocycles. The summed E-state index contributed by atoms with van der Waals surface area (Å²) in [6.45, 7) is 2.03. The third-order valence-electron chi connectivity index (χ3n) is 7.54. The zero-order valence-corrected chi connectivity index (χ0v) is 22.8. The number of hydrogen-bond acceptors (Lipinski definition) is 7. The van der Waals surface area contributed by atoms with Crippen LogP contribution in [0, 0.1) is 5.92 Å². The number of rotatable bonds is 9. The lowest BCUT2D eigenvalue weighted by Gasteiger charge is -2.37. The molecule has 0 saturated carbocycles. The minimum atomic E-state index is -1.03. The van der Waals surface area contributed by atoms with Crippen molar-refractivity contribution in [3.63, 3.8) is 0 Å². The van der Waals surface area contributed by atoms with Crippen LogP contribution in [0.25, 0.3) is 0 Å².